The van der Waals surface area contributed by atoms with Gasteiger partial charge in [-0.2, -0.15) is 0 Å². The van der Waals surface area contributed by atoms with Crippen molar-refractivity contribution in [3.8, 4) is 0 Å². The first-order valence-corrected chi connectivity index (χ1v) is 13.4. The molecule has 5 atom stereocenters. The molecule has 2 N–H and O–H groups in total. The number of ether oxygens (including phenoxy) is 7. The van der Waals surface area contributed by atoms with Gasteiger partial charge in [-0.25, -0.2) is 0 Å². The molecule has 5 unspecified atom stereocenters. The van der Waals surface area contributed by atoms with Gasteiger partial charge >= 0.3 is 23.7 Å². The van der Waals surface area contributed by atoms with E-state index in [0.717, 1.165) is 26.1 Å². The van der Waals surface area contributed by atoms with Gasteiger partial charge in [-0.3, -0.25) is 24.0 Å². The van der Waals surface area contributed by atoms with Crippen LogP contribution in [-0.4, -0.2) is 116 Å². The molecule has 0 radical (unpaired) electrons. The van der Waals surface area contributed by atoms with E-state index in [2.05, 4.69) is 15.6 Å². The molecule has 244 valence electrons. The van der Waals surface area contributed by atoms with E-state index in [1.807, 2.05) is 0 Å². The van der Waals surface area contributed by atoms with Gasteiger partial charge in [-0.1, -0.05) is 0 Å². The van der Waals surface area contributed by atoms with Crippen LogP contribution in [0.3, 0.4) is 0 Å². The van der Waals surface area contributed by atoms with Gasteiger partial charge in [0, 0.05) is 40.3 Å². The van der Waals surface area contributed by atoms with E-state index in [-0.39, 0.29) is 57.6 Å². The zero-order valence-electron chi connectivity index (χ0n) is 24.7. The second-order valence-electron chi connectivity index (χ2n) is 9.23. The molecule has 18 heteroatoms. The first-order valence-electron chi connectivity index (χ1n) is 13.4. The lowest BCUT2D eigenvalue weighted by molar-refractivity contribution is -0.389. The van der Waals surface area contributed by atoms with Crippen molar-refractivity contribution in [3.63, 3.8) is 0 Å². The maximum Gasteiger partial charge on any atom is 0.363 e. The molecular formula is C26H36N4O14. The van der Waals surface area contributed by atoms with Crippen LogP contribution in [0.4, 0.5) is 5.82 Å². The Bertz CT molecular complexity index is 1150. The summed E-state index contributed by atoms with van der Waals surface area (Å²) in [5.41, 5.74) is 0.167. The molecule has 18 nitrogen and oxygen atoms in total. The van der Waals surface area contributed by atoms with Gasteiger partial charge in [0.05, 0.1) is 38.6 Å². The third kappa shape index (κ3) is 12.5. The maximum atomic E-state index is 12.1. The maximum absolute atomic E-state index is 12.1. The topological polar surface area (TPSA) is 230 Å². The number of hydrogen-bond donors (Lipinski definition) is 2. The van der Waals surface area contributed by atoms with Gasteiger partial charge in [0.2, 0.25) is 5.91 Å². The van der Waals surface area contributed by atoms with E-state index in [1.54, 1.807) is 0 Å². The molecule has 1 aliphatic rings. The Morgan fingerprint density at radius 3 is 2.11 bits per heavy atom. The van der Waals surface area contributed by atoms with Gasteiger partial charge in [-0.15, -0.1) is 0 Å². The van der Waals surface area contributed by atoms with Crippen molar-refractivity contribution < 1.29 is 62.1 Å². The molecule has 1 aliphatic heterocycles. The van der Waals surface area contributed by atoms with Gasteiger partial charge in [-0.05, 0) is 16.0 Å². The van der Waals surface area contributed by atoms with Crippen LogP contribution in [0.25, 0.3) is 0 Å². The molecule has 0 aromatic carbocycles. The molecule has 2 heterocycles. The average molecular weight is 629 g/mol. The van der Waals surface area contributed by atoms with Gasteiger partial charge in [0.25, 0.3) is 5.91 Å². The summed E-state index contributed by atoms with van der Waals surface area (Å²) in [6.07, 6.45) is -3.64. The molecule has 44 heavy (non-hydrogen) atoms. The van der Waals surface area contributed by atoms with Crippen molar-refractivity contribution in [3.05, 3.63) is 34.0 Å². The van der Waals surface area contributed by atoms with Crippen molar-refractivity contribution in [2.45, 2.75) is 58.3 Å². The number of aromatic nitrogens is 1. The monoisotopic (exact) mass is 628 g/mol. The Kier molecular flexibility index (Phi) is 15.0. The fourth-order valence-electron chi connectivity index (χ4n) is 3.95. The number of amides is 2. The fourth-order valence-corrected chi connectivity index (χ4v) is 3.95. The summed E-state index contributed by atoms with van der Waals surface area (Å²) in [5.74, 6) is -3.39. The highest BCUT2D eigenvalue weighted by atomic mass is 16.7. The summed E-state index contributed by atoms with van der Waals surface area (Å²) < 4.78 is 38.3. The van der Waals surface area contributed by atoms with Crippen molar-refractivity contribution >= 4 is 35.5 Å². The number of pyridine rings is 1. The van der Waals surface area contributed by atoms with Crippen LogP contribution in [0, 0.1) is 10.1 Å². The van der Waals surface area contributed by atoms with E-state index < -0.39 is 65.3 Å². The highest BCUT2D eigenvalue weighted by molar-refractivity contribution is 5.93. The average Bonchev–Trinajstić information content (AvgIpc) is 2.95. The summed E-state index contributed by atoms with van der Waals surface area (Å²) in [6.45, 7) is 5.08. The molecule has 0 bridgehead atoms. The molecule has 0 saturated carbocycles. The Morgan fingerprint density at radius 1 is 0.909 bits per heavy atom. The normalized spacial score (nSPS) is 21.0. The van der Waals surface area contributed by atoms with Crippen LogP contribution in [0.2, 0.25) is 0 Å². The van der Waals surface area contributed by atoms with E-state index in [4.69, 9.17) is 33.2 Å². The van der Waals surface area contributed by atoms with Crippen LogP contribution < -0.4 is 10.6 Å². The molecule has 1 saturated heterocycles. The van der Waals surface area contributed by atoms with E-state index >= 15 is 0 Å². The quantitative estimate of drug-likeness (QED) is 0.0723. The molecule has 1 fully saturated rings. The summed E-state index contributed by atoms with van der Waals surface area (Å²) in [4.78, 5) is 72.7. The first-order chi connectivity index (χ1) is 20.9. The van der Waals surface area contributed by atoms with E-state index in [9.17, 15) is 34.1 Å². The molecular weight excluding hydrogens is 592 g/mol. The van der Waals surface area contributed by atoms with Crippen LogP contribution >= 0.6 is 0 Å². The third-order valence-corrected chi connectivity index (χ3v) is 5.68. The zero-order valence-corrected chi connectivity index (χ0v) is 24.7. The highest BCUT2D eigenvalue weighted by Gasteiger charge is 2.51. The summed E-state index contributed by atoms with van der Waals surface area (Å²) in [5, 5.41) is 15.8. The summed E-state index contributed by atoms with van der Waals surface area (Å²) in [6, 6.07) is 1.34. The van der Waals surface area contributed by atoms with Crippen LogP contribution in [0.5, 0.6) is 0 Å². The number of carbonyl (C=O) groups is 5. The van der Waals surface area contributed by atoms with Crippen LogP contribution in [0.1, 0.15) is 38.1 Å². The number of hydrogen-bond acceptors (Lipinski definition) is 15. The number of nitro groups is 1. The summed E-state index contributed by atoms with van der Waals surface area (Å²) in [7, 11) is 0. The van der Waals surface area contributed by atoms with Crippen molar-refractivity contribution in [1.29, 1.82) is 0 Å². The molecule has 2 amide bonds. The first kappa shape index (κ1) is 35.9. The SMILES string of the molecule is CC(=O)NC1C(OCCOCCOCCNC(=O)c2ccc([N+](=O)[O-])nc2)OC(COC(C)=O)C(OC(C)=O)C1OC(C)=O. The zero-order chi connectivity index (χ0) is 32.6. The second-order valence-corrected chi connectivity index (χ2v) is 9.23. The minimum atomic E-state index is -1.23. The van der Waals surface area contributed by atoms with Crippen molar-refractivity contribution in [1.82, 2.24) is 15.6 Å². The Balaban J connectivity index is 1.82. The highest BCUT2D eigenvalue weighted by Crippen LogP contribution is 2.28. The number of rotatable bonds is 17. The van der Waals surface area contributed by atoms with E-state index in [0.29, 0.717) is 0 Å². The molecule has 1 aromatic rings. The Morgan fingerprint density at radius 2 is 1.55 bits per heavy atom. The van der Waals surface area contributed by atoms with Gasteiger partial charge in [0.1, 0.15) is 18.8 Å². The lowest BCUT2D eigenvalue weighted by atomic mass is 9.96. The smallest absolute Gasteiger partial charge is 0.363 e. The van der Waals surface area contributed by atoms with Crippen molar-refractivity contribution in [2.24, 2.45) is 0 Å². The largest absolute Gasteiger partial charge is 0.463 e. The lowest BCUT2D eigenvalue weighted by Crippen LogP contribution is -2.66. The number of nitrogens with zero attached hydrogens (tertiary/aromatic N) is 2. The van der Waals surface area contributed by atoms with Gasteiger partial charge in [0.15, 0.2) is 24.7 Å². The predicted molar refractivity (Wildman–Crippen MR) is 145 cm³/mol. The van der Waals surface area contributed by atoms with Crippen LogP contribution in [0.15, 0.2) is 18.3 Å². The van der Waals surface area contributed by atoms with E-state index in [1.165, 1.54) is 19.9 Å². The number of esters is 3. The molecule has 0 aliphatic carbocycles. The number of carbonyl (C=O) groups excluding carboxylic acids is 5. The van der Waals surface area contributed by atoms with Gasteiger partial charge < -0.3 is 53.9 Å². The minimum absolute atomic E-state index is 0.0363. The van der Waals surface area contributed by atoms with Crippen molar-refractivity contribution in [2.75, 3.05) is 46.2 Å². The lowest BCUT2D eigenvalue weighted by Gasteiger charge is -2.44. The van der Waals surface area contributed by atoms with Crippen LogP contribution in [-0.2, 0) is 52.3 Å². The molecule has 0 spiro atoms. The second kappa shape index (κ2) is 18.4. The summed E-state index contributed by atoms with van der Waals surface area (Å²) >= 11 is 0. The molecule has 2 rings (SSSR count). The third-order valence-electron chi connectivity index (χ3n) is 5.68. The Labute approximate surface area is 252 Å². The predicted octanol–water partition coefficient (Wildman–Crippen LogP) is -0.574. The standard InChI is InChI=1S/C26H36N4O14/c1-15(31)29-22-24(43-18(4)34)23(42-17(3)33)20(14-41-16(2)32)44-26(22)40-12-11-39-10-9-38-8-7-27-25(35)19-5-6-21(28-13-19)30(36)37/h5-6,13,20,22-24,26H,7-12,14H2,1-4H3,(H,27,35)(H,29,31). The fraction of sp³-hybridized carbons (Fsp3) is 0.615. The Hall–Kier alpha value is -4.26. The minimum Gasteiger partial charge on any atom is -0.463 e. The number of nitrogens with one attached hydrogen (secondary N) is 2. The molecule has 1 aromatic heterocycles.